The molecule has 0 unspecified atom stereocenters. The SMILES string of the molecule is OCCOCCCNCc1cc(Br)c2c(c1)OCCO2. The molecule has 0 atom stereocenters. The predicted molar refractivity (Wildman–Crippen MR) is 79.4 cm³/mol. The van der Waals surface area contributed by atoms with Crippen molar-refractivity contribution in [3.8, 4) is 11.5 Å². The topological polar surface area (TPSA) is 60.0 Å². The minimum Gasteiger partial charge on any atom is -0.486 e. The molecule has 5 nitrogen and oxygen atoms in total. The average molecular weight is 346 g/mol. The molecule has 2 N–H and O–H groups in total. The number of hydrogen-bond acceptors (Lipinski definition) is 5. The highest BCUT2D eigenvalue weighted by Gasteiger charge is 2.15. The lowest BCUT2D eigenvalue weighted by Gasteiger charge is -2.20. The monoisotopic (exact) mass is 345 g/mol. The van der Waals surface area contributed by atoms with Gasteiger partial charge in [0.1, 0.15) is 13.2 Å². The van der Waals surface area contributed by atoms with E-state index in [4.69, 9.17) is 19.3 Å². The van der Waals surface area contributed by atoms with Gasteiger partial charge in [0.15, 0.2) is 11.5 Å². The highest BCUT2D eigenvalue weighted by molar-refractivity contribution is 9.10. The third-order valence-electron chi connectivity index (χ3n) is 2.86. The lowest BCUT2D eigenvalue weighted by Crippen LogP contribution is -2.18. The van der Waals surface area contributed by atoms with Gasteiger partial charge in [0, 0.05) is 13.2 Å². The summed E-state index contributed by atoms with van der Waals surface area (Å²) in [6.07, 6.45) is 0.922. The Morgan fingerprint density at radius 1 is 1.25 bits per heavy atom. The van der Waals surface area contributed by atoms with E-state index in [0.29, 0.717) is 26.4 Å². The van der Waals surface area contributed by atoms with Gasteiger partial charge in [-0.15, -0.1) is 0 Å². The molecule has 1 aromatic rings. The second-order valence-corrected chi connectivity index (χ2v) is 5.32. The Kier molecular flexibility index (Phi) is 6.59. The summed E-state index contributed by atoms with van der Waals surface area (Å²) in [4.78, 5) is 0. The van der Waals surface area contributed by atoms with Gasteiger partial charge in [-0.05, 0) is 46.6 Å². The van der Waals surface area contributed by atoms with E-state index in [9.17, 15) is 0 Å². The number of fused-ring (bicyclic) bond motifs is 1. The van der Waals surface area contributed by atoms with Crippen LogP contribution in [0.4, 0.5) is 0 Å². The Balaban J connectivity index is 1.74. The van der Waals surface area contributed by atoms with E-state index < -0.39 is 0 Å². The molecule has 0 saturated carbocycles. The molecule has 1 heterocycles. The van der Waals surface area contributed by atoms with Gasteiger partial charge < -0.3 is 24.6 Å². The zero-order chi connectivity index (χ0) is 14.2. The Bertz CT molecular complexity index is 428. The van der Waals surface area contributed by atoms with Gasteiger partial charge in [0.25, 0.3) is 0 Å². The number of benzene rings is 1. The summed E-state index contributed by atoms with van der Waals surface area (Å²) in [7, 11) is 0. The van der Waals surface area contributed by atoms with Gasteiger partial charge >= 0.3 is 0 Å². The molecule has 1 aliphatic rings. The van der Waals surface area contributed by atoms with E-state index in [1.54, 1.807) is 0 Å². The second-order valence-electron chi connectivity index (χ2n) is 4.47. The maximum Gasteiger partial charge on any atom is 0.175 e. The van der Waals surface area contributed by atoms with Gasteiger partial charge in [-0.1, -0.05) is 0 Å². The molecule has 0 fully saturated rings. The van der Waals surface area contributed by atoms with E-state index in [2.05, 4.69) is 21.2 Å². The molecule has 0 aromatic heterocycles. The average Bonchev–Trinajstić information content (AvgIpc) is 2.46. The van der Waals surface area contributed by atoms with Crippen LogP contribution < -0.4 is 14.8 Å². The maximum atomic E-state index is 8.57. The Morgan fingerprint density at radius 3 is 2.95 bits per heavy atom. The first-order valence-electron chi connectivity index (χ1n) is 6.78. The summed E-state index contributed by atoms with van der Waals surface area (Å²) in [5.74, 6) is 1.59. The fourth-order valence-electron chi connectivity index (χ4n) is 1.96. The fourth-order valence-corrected chi connectivity index (χ4v) is 2.57. The van der Waals surface area contributed by atoms with E-state index in [1.165, 1.54) is 0 Å². The van der Waals surface area contributed by atoms with Crippen molar-refractivity contribution in [3.63, 3.8) is 0 Å². The Hall–Kier alpha value is -0.820. The molecule has 2 rings (SSSR count). The smallest absolute Gasteiger partial charge is 0.175 e. The fraction of sp³-hybridized carbons (Fsp3) is 0.571. The van der Waals surface area contributed by atoms with Gasteiger partial charge in [-0.3, -0.25) is 0 Å². The van der Waals surface area contributed by atoms with Crippen molar-refractivity contribution in [2.24, 2.45) is 0 Å². The molecule has 112 valence electrons. The molecule has 0 aliphatic carbocycles. The van der Waals surface area contributed by atoms with Gasteiger partial charge in [0.2, 0.25) is 0 Å². The van der Waals surface area contributed by atoms with Crippen LogP contribution in [0.5, 0.6) is 11.5 Å². The molecule has 0 saturated heterocycles. The summed E-state index contributed by atoms with van der Waals surface area (Å²) >= 11 is 3.51. The number of aliphatic hydroxyl groups excluding tert-OH is 1. The number of rotatable bonds is 8. The summed E-state index contributed by atoms with van der Waals surface area (Å²) in [6, 6.07) is 4.05. The third kappa shape index (κ3) is 4.63. The number of aliphatic hydroxyl groups is 1. The summed E-state index contributed by atoms with van der Waals surface area (Å²) < 4.78 is 17.3. The molecule has 20 heavy (non-hydrogen) atoms. The zero-order valence-electron chi connectivity index (χ0n) is 11.4. The lowest BCUT2D eigenvalue weighted by molar-refractivity contribution is 0.0907. The normalized spacial score (nSPS) is 13.5. The first-order chi connectivity index (χ1) is 9.81. The van der Waals surface area contributed by atoms with Crippen LogP contribution in [0.1, 0.15) is 12.0 Å². The molecule has 0 bridgehead atoms. The Morgan fingerprint density at radius 2 is 2.10 bits per heavy atom. The first kappa shape index (κ1) is 15.6. The number of nitrogens with one attached hydrogen (secondary N) is 1. The third-order valence-corrected chi connectivity index (χ3v) is 3.45. The first-order valence-corrected chi connectivity index (χ1v) is 7.58. The predicted octanol–water partition coefficient (Wildman–Crippen LogP) is 1.71. The quantitative estimate of drug-likeness (QED) is 0.702. The van der Waals surface area contributed by atoms with Crippen molar-refractivity contribution in [1.82, 2.24) is 5.32 Å². The van der Waals surface area contributed by atoms with Crippen LogP contribution in [0.15, 0.2) is 16.6 Å². The summed E-state index contributed by atoms with van der Waals surface area (Å²) in [5, 5.41) is 11.9. The lowest BCUT2D eigenvalue weighted by atomic mass is 10.2. The largest absolute Gasteiger partial charge is 0.486 e. The summed E-state index contributed by atoms with van der Waals surface area (Å²) in [5.41, 5.74) is 1.15. The zero-order valence-corrected chi connectivity index (χ0v) is 12.9. The Labute approximate surface area is 127 Å². The molecular formula is C14H20BrNO4. The molecular weight excluding hydrogens is 326 g/mol. The molecule has 1 aromatic carbocycles. The minimum absolute atomic E-state index is 0.0820. The van der Waals surface area contributed by atoms with E-state index in [0.717, 1.165) is 41.0 Å². The van der Waals surface area contributed by atoms with Crippen LogP contribution in [-0.2, 0) is 11.3 Å². The van der Waals surface area contributed by atoms with Gasteiger partial charge in [-0.25, -0.2) is 0 Å². The van der Waals surface area contributed by atoms with Crippen LogP contribution in [0, 0.1) is 0 Å². The van der Waals surface area contributed by atoms with Crippen LogP contribution in [-0.4, -0.2) is 44.7 Å². The summed E-state index contributed by atoms with van der Waals surface area (Å²) in [6.45, 7) is 3.99. The van der Waals surface area contributed by atoms with Gasteiger partial charge in [0.05, 0.1) is 17.7 Å². The second kappa shape index (κ2) is 8.46. The molecule has 0 spiro atoms. The van der Waals surface area contributed by atoms with Crippen molar-refractivity contribution in [1.29, 1.82) is 0 Å². The van der Waals surface area contributed by atoms with E-state index >= 15 is 0 Å². The maximum absolute atomic E-state index is 8.57. The van der Waals surface area contributed by atoms with Gasteiger partial charge in [-0.2, -0.15) is 0 Å². The minimum atomic E-state index is 0.0820. The standard InChI is InChI=1S/C14H20BrNO4/c15-12-8-11(9-13-14(12)20-7-6-19-13)10-16-2-1-4-18-5-3-17/h8-9,16-17H,1-7,10H2. The molecule has 6 heteroatoms. The van der Waals surface area contributed by atoms with Crippen LogP contribution in [0.25, 0.3) is 0 Å². The van der Waals surface area contributed by atoms with Crippen molar-refractivity contribution < 1.29 is 19.3 Å². The molecule has 1 aliphatic heterocycles. The van der Waals surface area contributed by atoms with Crippen molar-refractivity contribution in [2.75, 3.05) is 39.6 Å². The molecule has 0 amide bonds. The van der Waals surface area contributed by atoms with Crippen LogP contribution >= 0.6 is 15.9 Å². The van der Waals surface area contributed by atoms with Crippen LogP contribution in [0.2, 0.25) is 0 Å². The van der Waals surface area contributed by atoms with Crippen molar-refractivity contribution in [2.45, 2.75) is 13.0 Å². The van der Waals surface area contributed by atoms with Crippen LogP contribution in [0.3, 0.4) is 0 Å². The highest BCUT2D eigenvalue weighted by Crippen LogP contribution is 2.38. The van der Waals surface area contributed by atoms with Crippen molar-refractivity contribution >= 4 is 15.9 Å². The number of halogens is 1. The van der Waals surface area contributed by atoms with E-state index in [-0.39, 0.29) is 6.61 Å². The highest BCUT2D eigenvalue weighted by atomic mass is 79.9. The molecule has 0 radical (unpaired) electrons. The number of hydrogen-bond donors (Lipinski definition) is 2. The number of ether oxygens (including phenoxy) is 3. The van der Waals surface area contributed by atoms with Crippen molar-refractivity contribution in [3.05, 3.63) is 22.2 Å². The van der Waals surface area contributed by atoms with E-state index in [1.807, 2.05) is 12.1 Å².